The Morgan fingerprint density at radius 3 is 2.36 bits per heavy atom. The topological polar surface area (TPSA) is 58.3 Å². The van der Waals surface area contributed by atoms with Crippen LogP contribution in [0.3, 0.4) is 0 Å². The van der Waals surface area contributed by atoms with Crippen molar-refractivity contribution in [1.82, 2.24) is 0 Å². The molecule has 3 nitrogen and oxygen atoms in total. The van der Waals surface area contributed by atoms with Crippen LogP contribution in [0.5, 0.6) is 0 Å². The number of hydrogen-bond donors (Lipinski definition) is 3. The van der Waals surface area contributed by atoms with E-state index in [0.29, 0.717) is 13.0 Å². The number of aliphatic hydroxyl groups excluding tert-OH is 1. The van der Waals surface area contributed by atoms with Gasteiger partial charge in [0.15, 0.2) is 0 Å². The number of anilines is 1. The van der Waals surface area contributed by atoms with Gasteiger partial charge in [0.2, 0.25) is 0 Å². The third-order valence-electron chi connectivity index (χ3n) is 4.34. The van der Waals surface area contributed by atoms with Crippen molar-refractivity contribution in [2.45, 2.75) is 32.0 Å². The molecule has 130 valence electrons. The van der Waals surface area contributed by atoms with Gasteiger partial charge in [-0.3, -0.25) is 0 Å². The number of aliphatic hydroxyl groups is 1. The first-order valence-corrected chi connectivity index (χ1v) is 9.37. The Morgan fingerprint density at radius 2 is 1.76 bits per heavy atom. The molecule has 4 heteroatoms. The molecular weight excluding hydrogens is 328 g/mol. The first-order valence-electron chi connectivity index (χ1n) is 8.49. The van der Waals surface area contributed by atoms with Gasteiger partial charge in [-0.2, -0.15) is 0 Å². The maximum atomic E-state index is 10.7. The average Bonchev–Trinajstić information content (AvgIpc) is 3.17. The third kappa shape index (κ3) is 4.69. The zero-order chi connectivity index (χ0) is 17.6. The highest BCUT2D eigenvalue weighted by Crippen LogP contribution is 2.32. The lowest BCUT2D eigenvalue weighted by Crippen LogP contribution is -2.14. The number of nitrogens with two attached hydrogens (primary N) is 1. The van der Waals surface area contributed by atoms with E-state index >= 15 is 0 Å². The number of rotatable bonds is 7. The lowest BCUT2D eigenvalue weighted by Gasteiger charge is -2.22. The van der Waals surface area contributed by atoms with Gasteiger partial charge in [-0.05, 0) is 41.6 Å². The SMILES string of the molecule is Cc1ccc(NC(CC(O)c2ccc(CN)cc2)c2cccs2)cc1. The smallest absolute Gasteiger partial charge is 0.0813 e. The summed E-state index contributed by atoms with van der Waals surface area (Å²) in [5.41, 5.74) is 9.94. The van der Waals surface area contributed by atoms with Crippen LogP contribution < -0.4 is 11.1 Å². The third-order valence-corrected chi connectivity index (χ3v) is 5.32. The molecule has 0 saturated heterocycles. The summed E-state index contributed by atoms with van der Waals surface area (Å²) in [6, 6.07) is 20.5. The van der Waals surface area contributed by atoms with Crippen LogP contribution in [0.15, 0.2) is 66.0 Å². The van der Waals surface area contributed by atoms with Crippen molar-refractivity contribution in [3.63, 3.8) is 0 Å². The van der Waals surface area contributed by atoms with Crippen molar-refractivity contribution < 1.29 is 5.11 Å². The van der Waals surface area contributed by atoms with Crippen LogP contribution in [0.1, 0.15) is 40.1 Å². The minimum atomic E-state index is -0.531. The van der Waals surface area contributed by atoms with E-state index in [2.05, 4.69) is 48.0 Å². The summed E-state index contributed by atoms with van der Waals surface area (Å²) in [5.74, 6) is 0. The van der Waals surface area contributed by atoms with E-state index in [9.17, 15) is 5.11 Å². The molecule has 0 spiro atoms. The molecule has 2 unspecified atom stereocenters. The van der Waals surface area contributed by atoms with Gasteiger partial charge in [-0.15, -0.1) is 11.3 Å². The minimum Gasteiger partial charge on any atom is -0.388 e. The Hall–Kier alpha value is -2.14. The largest absolute Gasteiger partial charge is 0.388 e. The van der Waals surface area contributed by atoms with E-state index in [4.69, 9.17) is 5.73 Å². The Bertz CT molecular complexity index is 767. The fraction of sp³-hybridized carbons (Fsp3) is 0.238. The summed E-state index contributed by atoms with van der Waals surface area (Å²) in [6.45, 7) is 2.60. The number of aryl methyl sites for hydroxylation is 1. The lowest BCUT2D eigenvalue weighted by molar-refractivity contribution is 0.161. The van der Waals surface area contributed by atoms with Crippen molar-refractivity contribution in [2.24, 2.45) is 5.73 Å². The molecule has 3 aromatic rings. The Morgan fingerprint density at radius 1 is 1.04 bits per heavy atom. The second-order valence-corrected chi connectivity index (χ2v) is 7.25. The molecule has 0 fully saturated rings. The van der Waals surface area contributed by atoms with Crippen LogP contribution in [-0.2, 0) is 6.54 Å². The Kier molecular flexibility index (Phi) is 5.87. The van der Waals surface area contributed by atoms with Crippen LogP contribution in [0.25, 0.3) is 0 Å². The molecule has 0 aliphatic carbocycles. The standard InChI is InChI=1S/C21H24N2OS/c1-15-4-10-18(11-5-15)23-19(21-3-2-12-25-21)13-20(24)17-8-6-16(14-22)7-9-17/h2-12,19-20,23-24H,13-14,22H2,1H3. The number of nitrogens with one attached hydrogen (secondary N) is 1. The molecule has 25 heavy (non-hydrogen) atoms. The molecule has 0 bridgehead atoms. The van der Waals surface area contributed by atoms with E-state index in [1.807, 2.05) is 30.3 Å². The zero-order valence-electron chi connectivity index (χ0n) is 14.4. The summed E-state index contributed by atoms with van der Waals surface area (Å²) in [7, 11) is 0. The highest BCUT2D eigenvalue weighted by Gasteiger charge is 2.19. The predicted octanol–water partition coefficient (Wildman–Crippen LogP) is 4.79. The first-order chi connectivity index (χ1) is 12.2. The summed E-state index contributed by atoms with van der Waals surface area (Å²) in [4.78, 5) is 1.22. The molecule has 0 aliphatic heterocycles. The molecule has 1 aromatic heterocycles. The molecule has 2 atom stereocenters. The van der Waals surface area contributed by atoms with E-state index in [0.717, 1.165) is 16.8 Å². The van der Waals surface area contributed by atoms with Gasteiger partial charge in [0.05, 0.1) is 12.1 Å². The highest BCUT2D eigenvalue weighted by molar-refractivity contribution is 7.10. The van der Waals surface area contributed by atoms with Crippen molar-refractivity contribution in [3.8, 4) is 0 Å². The first kappa shape index (κ1) is 17.7. The van der Waals surface area contributed by atoms with Crippen LogP contribution >= 0.6 is 11.3 Å². The van der Waals surface area contributed by atoms with Crippen molar-refractivity contribution in [3.05, 3.63) is 87.6 Å². The second kappa shape index (κ2) is 8.30. The van der Waals surface area contributed by atoms with E-state index in [-0.39, 0.29) is 6.04 Å². The van der Waals surface area contributed by atoms with Crippen LogP contribution in [-0.4, -0.2) is 5.11 Å². The van der Waals surface area contributed by atoms with Gasteiger partial charge in [-0.25, -0.2) is 0 Å². The molecule has 0 aliphatic rings. The van der Waals surface area contributed by atoms with E-state index < -0.39 is 6.10 Å². The maximum absolute atomic E-state index is 10.7. The maximum Gasteiger partial charge on any atom is 0.0813 e. The lowest BCUT2D eigenvalue weighted by atomic mass is 9.99. The summed E-state index contributed by atoms with van der Waals surface area (Å²) >= 11 is 1.71. The minimum absolute atomic E-state index is 0.0619. The van der Waals surface area contributed by atoms with Gasteiger partial charge in [-0.1, -0.05) is 48.0 Å². The number of hydrogen-bond acceptors (Lipinski definition) is 4. The van der Waals surface area contributed by atoms with Crippen molar-refractivity contribution in [2.75, 3.05) is 5.32 Å². The van der Waals surface area contributed by atoms with Crippen LogP contribution in [0, 0.1) is 6.92 Å². The Balaban J connectivity index is 1.76. The fourth-order valence-corrected chi connectivity index (χ4v) is 3.61. The quantitative estimate of drug-likeness (QED) is 0.573. The molecule has 4 N–H and O–H groups in total. The predicted molar refractivity (Wildman–Crippen MR) is 106 cm³/mol. The van der Waals surface area contributed by atoms with E-state index in [1.165, 1.54) is 10.4 Å². The van der Waals surface area contributed by atoms with Crippen molar-refractivity contribution >= 4 is 17.0 Å². The normalized spacial score (nSPS) is 13.4. The molecule has 0 radical (unpaired) electrons. The summed E-state index contributed by atoms with van der Waals surface area (Å²) in [5, 5.41) is 16.3. The van der Waals surface area contributed by atoms with Gasteiger partial charge >= 0.3 is 0 Å². The molecule has 2 aromatic carbocycles. The number of benzene rings is 2. The zero-order valence-corrected chi connectivity index (χ0v) is 15.2. The average molecular weight is 353 g/mol. The van der Waals surface area contributed by atoms with Crippen LogP contribution in [0.2, 0.25) is 0 Å². The fourth-order valence-electron chi connectivity index (χ4n) is 2.82. The molecule has 1 heterocycles. The van der Waals surface area contributed by atoms with Gasteiger partial charge in [0, 0.05) is 23.5 Å². The van der Waals surface area contributed by atoms with Gasteiger partial charge in [0.1, 0.15) is 0 Å². The van der Waals surface area contributed by atoms with Crippen molar-refractivity contribution in [1.29, 1.82) is 0 Å². The summed E-state index contributed by atoms with van der Waals surface area (Å²) in [6.07, 6.45) is 0.0768. The Labute approximate surface area is 153 Å². The van der Waals surface area contributed by atoms with Gasteiger partial charge in [0.25, 0.3) is 0 Å². The molecular formula is C21H24N2OS. The second-order valence-electron chi connectivity index (χ2n) is 6.28. The van der Waals surface area contributed by atoms with E-state index in [1.54, 1.807) is 11.3 Å². The monoisotopic (exact) mass is 352 g/mol. The van der Waals surface area contributed by atoms with Gasteiger partial charge < -0.3 is 16.2 Å². The number of thiophene rings is 1. The van der Waals surface area contributed by atoms with Crippen LogP contribution in [0.4, 0.5) is 5.69 Å². The highest BCUT2D eigenvalue weighted by atomic mass is 32.1. The molecule has 0 amide bonds. The molecule has 0 saturated carbocycles. The molecule has 3 rings (SSSR count). The summed E-state index contributed by atoms with van der Waals surface area (Å²) < 4.78 is 0.